The number of aromatic hydroxyl groups is 1. The van der Waals surface area contributed by atoms with E-state index >= 15 is 0 Å². The maximum Gasteiger partial charge on any atom is 0.323 e. The zero-order valence-electron chi connectivity index (χ0n) is 12.9. The minimum atomic E-state index is -3.78. The molecule has 6 nitrogen and oxygen atoms in total. The topological polar surface area (TPSA) is 75.4 Å². The Labute approximate surface area is 134 Å². The van der Waals surface area contributed by atoms with Crippen LogP contribution in [0.3, 0.4) is 0 Å². The number of benzene rings is 1. The Balaban J connectivity index is 2.55. The highest BCUT2D eigenvalue weighted by molar-refractivity contribution is 8.00. The lowest BCUT2D eigenvalue weighted by molar-refractivity contribution is 0.456. The van der Waals surface area contributed by atoms with Crippen molar-refractivity contribution in [1.29, 1.82) is 0 Å². The van der Waals surface area contributed by atoms with Gasteiger partial charge < -0.3 is 5.11 Å². The van der Waals surface area contributed by atoms with Gasteiger partial charge in [-0.05, 0) is 24.5 Å². The van der Waals surface area contributed by atoms with Gasteiger partial charge in [-0.25, -0.2) is 0 Å². The molecular weight excluding hydrogens is 322 g/mol. The number of aryl methyl sites for hydroxylation is 2. The first-order valence-corrected chi connectivity index (χ1v) is 8.96. The van der Waals surface area contributed by atoms with Crippen molar-refractivity contribution >= 4 is 22.0 Å². The number of hydrogen-bond acceptors (Lipinski definition) is 5. The van der Waals surface area contributed by atoms with Gasteiger partial charge in [-0.3, -0.25) is 0 Å². The van der Waals surface area contributed by atoms with E-state index in [1.165, 1.54) is 25.9 Å². The Morgan fingerprint density at radius 2 is 2.05 bits per heavy atom. The quantitative estimate of drug-likeness (QED) is 0.903. The van der Waals surface area contributed by atoms with Crippen LogP contribution in [0.4, 0.5) is 0 Å². The van der Waals surface area contributed by atoms with Gasteiger partial charge in [0.2, 0.25) is 0 Å². The summed E-state index contributed by atoms with van der Waals surface area (Å²) in [6.45, 7) is 3.99. The second-order valence-electron chi connectivity index (χ2n) is 4.99. The van der Waals surface area contributed by atoms with Crippen LogP contribution in [0.25, 0.3) is 0 Å². The molecule has 0 unspecified atom stereocenters. The van der Waals surface area contributed by atoms with Crippen LogP contribution >= 0.6 is 11.8 Å². The van der Waals surface area contributed by atoms with Gasteiger partial charge in [-0.2, -0.15) is 17.8 Å². The molecule has 0 atom stereocenters. The Hall–Kier alpha value is -1.51. The molecule has 0 aliphatic carbocycles. The molecule has 0 aliphatic heterocycles. The summed E-state index contributed by atoms with van der Waals surface area (Å²) >= 11 is 1.21. The van der Waals surface area contributed by atoms with E-state index in [0.717, 1.165) is 37.0 Å². The lowest BCUT2D eigenvalue weighted by Crippen LogP contribution is -2.30. The molecule has 0 saturated carbocycles. The average molecular weight is 341 g/mol. The minimum Gasteiger partial charge on any atom is -0.504 e. The molecule has 1 aromatic heterocycles. The summed E-state index contributed by atoms with van der Waals surface area (Å²) < 4.78 is 26.5. The SMILES string of the molecule is CCc1cccc(C)c1Sc1c(O)cnn1S(=O)(=O)N(C)C. The third-order valence-electron chi connectivity index (χ3n) is 3.23. The third-order valence-corrected chi connectivity index (χ3v) is 6.35. The lowest BCUT2D eigenvalue weighted by atomic mass is 10.1. The van der Waals surface area contributed by atoms with Crippen LogP contribution in [-0.2, 0) is 16.6 Å². The van der Waals surface area contributed by atoms with Crippen molar-refractivity contribution in [3.05, 3.63) is 35.5 Å². The molecular formula is C14H19N3O3S2. The summed E-state index contributed by atoms with van der Waals surface area (Å²) in [5.74, 6) is -0.152. The van der Waals surface area contributed by atoms with Crippen molar-refractivity contribution in [1.82, 2.24) is 13.5 Å². The van der Waals surface area contributed by atoms with Gasteiger partial charge in [0, 0.05) is 19.0 Å². The van der Waals surface area contributed by atoms with Crippen LogP contribution in [0.15, 0.2) is 34.3 Å². The second-order valence-corrected chi connectivity index (χ2v) is 7.96. The molecule has 1 aromatic carbocycles. The van der Waals surface area contributed by atoms with E-state index in [4.69, 9.17) is 0 Å². The van der Waals surface area contributed by atoms with Crippen molar-refractivity contribution in [3.8, 4) is 5.75 Å². The first-order chi connectivity index (χ1) is 10.3. The molecule has 0 spiro atoms. The fourth-order valence-corrected chi connectivity index (χ4v) is 4.18. The summed E-state index contributed by atoms with van der Waals surface area (Å²) in [4.78, 5) is 0.941. The van der Waals surface area contributed by atoms with Gasteiger partial charge in [0.1, 0.15) is 0 Å². The maximum absolute atomic E-state index is 12.3. The molecule has 120 valence electrons. The zero-order chi connectivity index (χ0) is 16.5. The summed E-state index contributed by atoms with van der Waals surface area (Å²) in [5, 5.41) is 14.0. The predicted molar refractivity (Wildman–Crippen MR) is 86.6 cm³/mol. The van der Waals surface area contributed by atoms with E-state index in [2.05, 4.69) is 5.10 Å². The lowest BCUT2D eigenvalue weighted by Gasteiger charge is -2.15. The molecule has 2 rings (SSSR count). The molecule has 0 saturated heterocycles. The van der Waals surface area contributed by atoms with E-state index in [1.807, 2.05) is 32.0 Å². The standard InChI is InChI=1S/C14H19N3O3S2/c1-5-11-8-6-7-10(2)13(11)21-14-12(18)9-15-17(14)22(19,20)16(3)4/h6-9,18H,5H2,1-4H3. The predicted octanol–water partition coefficient (Wildman–Crippen LogP) is 2.27. The highest BCUT2D eigenvalue weighted by atomic mass is 32.2. The highest BCUT2D eigenvalue weighted by Crippen LogP contribution is 2.38. The Morgan fingerprint density at radius 3 is 2.64 bits per heavy atom. The second kappa shape index (κ2) is 6.31. The normalized spacial score (nSPS) is 12.0. The molecule has 2 aromatic rings. The van der Waals surface area contributed by atoms with Crippen molar-refractivity contribution < 1.29 is 13.5 Å². The monoisotopic (exact) mass is 341 g/mol. The maximum atomic E-state index is 12.3. The van der Waals surface area contributed by atoms with Crippen molar-refractivity contribution in [2.24, 2.45) is 0 Å². The molecule has 1 heterocycles. The number of rotatable bonds is 5. The van der Waals surface area contributed by atoms with Gasteiger partial charge in [0.25, 0.3) is 0 Å². The first kappa shape index (κ1) is 16.9. The van der Waals surface area contributed by atoms with Crippen molar-refractivity contribution in [2.45, 2.75) is 30.2 Å². The summed E-state index contributed by atoms with van der Waals surface area (Å²) in [6.07, 6.45) is 1.96. The van der Waals surface area contributed by atoms with Gasteiger partial charge in [0.15, 0.2) is 10.8 Å². The van der Waals surface area contributed by atoms with Gasteiger partial charge in [0.05, 0.1) is 6.20 Å². The van der Waals surface area contributed by atoms with E-state index in [9.17, 15) is 13.5 Å². The van der Waals surface area contributed by atoms with Crippen LogP contribution in [0.2, 0.25) is 0 Å². The van der Waals surface area contributed by atoms with Crippen LogP contribution in [0.1, 0.15) is 18.1 Å². The number of nitrogens with zero attached hydrogens (tertiary/aromatic N) is 3. The molecule has 0 fully saturated rings. The van der Waals surface area contributed by atoms with E-state index < -0.39 is 10.2 Å². The van der Waals surface area contributed by atoms with Crippen molar-refractivity contribution in [3.63, 3.8) is 0 Å². The van der Waals surface area contributed by atoms with E-state index in [-0.39, 0.29) is 10.8 Å². The first-order valence-electron chi connectivity index (χ1n) is 6.75. The van der Waals surface area contributed by atoms with Crippen molar-refractivity contribution in [2.75, 3.05) is 14.1 Å². The van der Waals surface area contributed by atoms with E-state index in [1.54, 1.807) is 0 Å². The van der Waals surface area contributed by atoms with Gasteiger partial charge in [-0.1, -0.05) is 36.9 Å². The smallest absolute Gasteiger partial charge is 0.323 e. The molecule has 1 N–H and O–H groups in total. The number of hydrogen-bond donors (Lipinski definition) is 1. The third kappa shape index (κ3) is 2.99. The van der Waals surface area contributed by atoms with Crippen LogP contribution in [-0.4, -0.2) is 41.1 Å². The number of aromatic nitrogens is 2. The Bertz CT molecular complexity index is 783. The Morgan fingerprint density at radius 1 is 1.36 bits per heavy atom. The summed E-state index contributed by atoms with van der Waals surface area (Å²) in [7, 11) is -0.932. The fourth-order valence-electron chi connectivity index (χ4n) is 1.96. The van der Waals surface area contributed by atoms with Crippen LogP contribution in [0.5, 0.6) is 5.75 Å². The van der Waals surface area contributed by atoms with Gasteiger partial charge >= 0.3 is 10.2 Å². The van der Waals surface area contributed by atoms with Crippen LogP contribution < -0.4 is 0 Å². The largest absolute Gasteiger partial charge is 0.504 e. The molecule has 0 aliphatic rings. The molecule has 0 amide bonds. The van der Waals surface area contributed by atoms with E-state index in [0.29, 0.717) is 0 Å². The zero-order valence-corrected chi connectivity index (χ0v) is 14.6. The highest BCUT2D eigenvalue weighted by Gasteiger charge is 2.25. The summed E-state index contributed by atoms with van der Waals surface area (Å²) in [6, 6.07) is 5.92. The van der Waals surface area contributed by atoms with Crippen LogP contribution in [0, 0.1) is 6.92 Å². The molecule has 0 bridgehead atoms. The summed E-state index contributed by atoms with van der Waals surface area (Å²) in [5.41, 5.74) is 2.12. The Kier molecular flexibility index (Phi) is 4.84. The molecule has 0 radical (unpaired) electrons. The molecule has 8 heteroatoms. The minimum absolute atomic E-state index is 0.152. The average Bonchev–Trinajstić information content (AvgIpc) is 2.82. The molecule has 22 heavy (non-hydrogen) atoms. The fraction of sp³-hybridized carbons (Fsp3) is 0.357. The van der Waals surface area contributed by atoms with Gasteiger partial charge in [-0.15, -0.1) is 4.09 Å².